The highest BCUT2D eigenvalue weighted by molar-refractivity contribution is 5.48. The zero-order chi connectivity index (χ0) is 14.9. The topological polar surface area (TPSA) is 24.5 Å². The van der Waals surface area contributed by atoms with Crippen LogP contribution in [-0.2, 0) is 0 Å². The lowest BCUT2D eigenvalue weighted by Gasteiger charge is -2.22. The van der Waals surface area contributed by atoms with Gasteiger partial charge in [0.25, 0.3) is 0 Å². The molecule has 0 unspecified atom stereocenters. The second-order valence-electron chi connectivity index (χ2n) is 6.37. The zero-order valence-corrected chi connectivity index (χ0v) is 13.6. The summed E-state index contributed by atoms with van der Waals surface area (Å²) in [5.41, 5.74) is 1.20. The first-order chi connectivity index (χ1) is 10.2. The predicted octanol–water partition coefficient (Wildman–Crippen LogP) is 4.15. The van der Waals surface area contributed by atoms with Crippen LogP contribution < -0.4 is 10.1 Å². The summed E-state index contributed by atoms with van der Waals surface area (Å²) in [6.45, 7) is 1.68. The minimum Gasteiger partial charge on any atom is -0.492 e. The van der Waals surface area contributed by atoms with Crippen LogP contribution in [0.1, 0.15) is 44.9 Å². The van der Waals surface area contributed by atoms with Crippen molar-refractivity contribution in [3.05, 3.63) is 24.3 Å². The molecular weight excluding hydrogens is 260 g/mol. The first-order valence-corrected chi connectivity index (χ1v) is 8.38. The molecule has 0 aromatic heterocycles. The molecule has 0 bridgehead atoms. The van der Waals surface area contributed by atoms with Gasteiger partial charge in [-0.2, -0.15) is 0 Å². The molecule has 1 aromatic carbocycles. The van der Waals surface area contributed by atoms with Crippen molar-refractivity contribution in [2.75, 3.05) is 32.6 Å². The molecule has 1 N–H and O–H groups in total. The van der Waals surface area contributed by atoms with Gasteiger partial charge < -0.3 is 15.0 Å². The highest BCUT2D eigenvalue weighted by Crippen LogP contribution is 2.23. The third-order valence-corrected chi connectivity index (χ3v) is 4.12. The number of hydrogen-bond acceptors (Lipinski definition) is 3. The van der Waals surface area contributed by atoms with Crippen molar-refractivity contribution in [1.29, 1.82) is 0 Å². The Kier molecular flexibility index (Phi) is 6.87. The molecule has 118 valence electrons. The molecule has 1 fully saturated rings. The van der Waals surface area contributed by atoms with Crippen molar-refractivity contribution in [1.82, 2.24) is 4.90 Å². The molecule has 2 rings (SSSR count). The molecule has 0 amide bonds. The van der Waals surface area contributed by atoms with Gasteiger partial charge in [-0.15, -0.1) is 0 Å². The number of rotatable bonds is 6. The number of nitrogens with zero attached hydrogens (tertiary/aromatic N) is 1. The lowest BCUT2D eigenvalue weighted by molar-refractivity contribution is 0.261. The number of benzene rings is 1. The van der Waals surface area contributed by atoms with Gasteiger partial charge in [0.1, 0.15) is 12.4 Å². The highest BCUT2D eigenvalue weighted by Gasteiger charge is 2.11. The van der Waals surface area contributed by atoms with E-state index in [2.05, 4.69) is 42.5 Å². The Balaban J connectivity index is 1.84. The normalized spacial score (nSPS) is 17.3. The summed E-state index contributed by atoms with van der Waals surface area (Å²) in [5, 5.41) is 3.70. The van der Waals surface area contributed by atoms with Crippen LogP contribution in [0.2, 0.25) is 0 Å². The van der Waals surface area contributed by atoms with E-state index in [1.165, 1.54) is 50.6 Å². The molecule has 3 nitrogen and oxygen atoms in total. The number of anilines is 1. The first-order valence-electron chi connectivity index (χ1n) is 8.38. The van der Waals surface area contributed by atoms with Crippen molar-refractivity contribution in [2.24, 2.45) is 0 Å². The van der Waals surface area contributed by atoms with Crippen molar-refractivity contribution in [3.8, 4) is 5.75 Å². The van der Waals surface area contributed by atoms with Gasteiger partial charge in [0.05, 0.1) is 0 Å². The number of ether oxygens (including phenoxy) is 1. The molecule has 0 radical (unpaired) electrons. The molecule has 1 aromatic rings. The molecule has 0 heterocycles. The standard InChI is InChI=1S/C18H30N2O/c1-20(2)13-14-21-18-12-8-11-17(15-18)19-16-9-6-4-3-5-7-10-16/h8,11-12,15-16,19H,3-7,9-10,13-14H2,1-2H3. The number of likely N-dealkylation sites (N-methyl/N-ethyl adjacent to an activating group) is 1. The summed E-state index contributed by atoms with van der Waals surface area (Å²) < 4.78 is 5.81. The lowest BCUT2D eigenvalue weighted by Crippen LogP contribution is -2.21. The summed E-state index contributed by atoms with van der Waals surface area (Å²) in [6.07, 6.45) is 9.52. The largest absolute Gasteiger partial charge is 0.492 e. The molecule has 0 spiro atoms. The van der Waals surface area contributed by atoms with Crippen molar-refractivity contribution >= 4 is 5.69 Å². The van der Waals surface area contributed by atoms with Crippen molar-refractivity contribution < 1.29 is 4.74 Å². The van der Waals surface area contributed by atoms with Crippen LogP contribution >= 0.6 is 0 Å². The average molecular weight is 290 g/mol. The van der Waals surface area contributed by atoms with Crippen molar-refractivity contribution in [3.63, 3.8) is 0 Å². The maximum absolute atomic E-state index is 5.81. The van der Waals surface area contributed by atoms with Crippen LogP contribution in [0.15, 0.2) is 24.3 Å². The third-order valence-electron chi connectivity index (χ3n) is 4.12. The van der Waals surface area contributed by atoms with E-state index in [1.807, 2.05) is 6.07 Å². The van der Waals surface area contributed by atoms with E-state index in [4.69, 9.17) is 4.74 Å². The van der Waals surface area contributed by atoms with Crippen molar-refractivity contribution in [2.45, 2.75) is 51.0 Å². The van der Waals surface area contributed by atoms with Crippen LogP contribution in [0.4, 0.5) is 5.69 Å². The Hall–Kier alpha value is -1.22. The molecule has 3 heteroatoms. The predicted molar refractivity (Wildman–Crippen MR) is 90.2 cm³/mol. The van der Waals surface area contributed by atoms with E-state index in [0.29, 0.717) is 6.04 Å². The summed E-state index contributed by atoms with van der Waals surface area (Å²) in [4.78, 5) is 2.14. The maximum atomic E-state index is 5.81. The summed E-state index contributed by atoms with van der Waals surface area (Å²) in [7, 11) is 4.13. The van der Waals surface area contributed by atoms with E-state index in [0.717, 1.165) is 18.9 Å². The van der Waals surface area contributed by atoms with Gasteiger partial charge in [0, 0.05) is 24.3 Å². The van der Waals surface area contributed by atoms with Crippen LogP contribution in [0.5, 0.6) is 5.75 Å². The molecule has 0 saturated heterocycles. The fourth-order valence-corrected chi connectivity index (χ4v) is 2.86. The van der Waals surface area contributed by atoms with Gasteiger partial charge in [0.15, 0.2) is 0 Å². The second-order valence-corrected chi connectivity index (χ2v) is 6.37. The Bertz CT molecular complexity index is 398. The Morgan fingerprint density at radius 2 is 1.81 bits per heavy atom. The van der Waals surface area contributed by atoms with Gasteiger partial charge in [-0.3, -0.25) is 0 Å². The first kappa shape index (κ1) is 16.2. The molecule has 1 aliphatic rings. The number of nitrogens with one attached hydrogen (secondary N) is 1. The van der Waals surface area contributed by atoms with Crippen LogP contribution in [-0.4, -0.2) is 38.2 Å². The van der Waals surface area contributed by atoms with Crippen LogP contribution in [0.25, 0.3) is 0 Å². The van der Waals surface area contributed by atoms with Gasteiger partial charge in [-0.05, 0) is 39.1 Å². The molecule has 1 aliphatic carbocycles. The van der Waals surface area contributed by atoms with Crippen LogP contribution in [0, 0.1) is 0 Å². The second kappa shape index (κ2) is 8.93. The van der Waals surface area contributed by atoms with Gasteiger partial charge >= 0.3 is 0 Å². The smallest absolute Gasteiger partial charge is 0.121 e. The average Bonchev–Trinajstić information content (AvgIpc) is 2.42. The monoisotopic (exact) mass is 290 g/mol. The van der Waals surface area contributed by atoms with Gasteiger partial charge in [-0.25, -0.2) is 0 Å². The minimum absolute atomic E-state index is 0.627. The Morgan fingerprint density at radius 1 is 1.10 bits per heavy atom. The molecule has 0 aliphatic heterocycles. The Labute approximate surface area is 129 Å². The maximum Gasteiger partial charge on any atom is 0.121 e. The van der Waals surface area contributed by atoms with Gasteiger partial charge in [-0.1, -0.05) is 38.2 Å². The molecule has 1 saturated carbocycles. The zero-order valence-electron chi connectivity index (χ0n) is 13.6. The SMILES string of the molecule is CN(C)CCOc1cccc(NC2CCCCCCC2)c1. The minimum atomic E-state index is 0.627. The molecule has 21 heavy (non-hydrogen) atoms. The van der Waals surface area contributed by atoms with E-state index >= 15 is 0 Å². The van der Waals surface area contributed by atoms with E-state index < -0.39 is 0 Å². The molecule has 0 atom stereocenters. The quantitative estimate of drug-likeness (QED) is 0.851. The fraction of sp³-hybridized carbons (Fsp3) is 0.667. The van der Waals surface area contributed by atoms with E-state index in [9.17, 15) is 0 Å². The highest BCUT2D eigenvalue weighted by atomic mass is 16.5. The fourth-order valence-electron chi connectivity index (χ4n) is 2.86. The Morgan fingerprint density at radius 3 is 2.52 bits per heavy atom. The summed E-state index contributed by atoms with van der Waals surface area (Å²) in [5.74, 6) is 0.965. The lowest BCUT2D eigenvalue weighted by atomic mass is 9.96. The van der Waals surface area contributed by atoms with E-state index in [-0.39, 0.29) is 0 Å². The summed E-state index contributed by atoms with van der Waals surface area (Å²) >= 11 is 0. The number of hydrogen-bond donors (Lipinski definition) is 1. The van der Waals surface area contributed by atoms with Crippen LogP contribution in [0.3, 0.4) is 0 Å². The molecular formula is C18H30N2O. The van der Waals surface area contributed by atoms with E-state index in [1.54, 1.807) is 0 Å². The summed E-state index contributed by atoms with van der Waals surface area (Å²) in [6, 6.07) is 9.03. The third kappa shape index (κ3) is 6.38. The van der Waals surface area contributed by atoms with Gasteiger partial charge in [0.2, 0.25) is 0 Å².